The number of rotatable bonds is 8. The number of carboxylic acid groups (broad SMARTS) is 1. The van der Waals surface area contributed by atoms with Gasteiger partial charge in [-0.3, -0.25) is 19.7 Å². The third-order valence-electron chi connectivity index (χ3n) is 5.65. The number of benzene rings is 2. The number of thioether (sulfide) groups is 1. The summed E-state index contributed by atoms with van der Waals surface area (Å²) in [6.07, 6.45) is 0.692. The average Bonchev–Trinajstić information content (AvgIpc) is 3.12. The fraction of sp³-hybridized carbons (Fsp3) is 0.333. The van der Waals surface area contributed by atoms with Crippen molar-refractivity contribution in [3.05, 3.63) is 53.1 Å². The maximum absolute atomic E-state index is 12.1. The Balaban J connectivity index is 1.43. The number of hydrogen-bond donors (Lipinski definition) is 2. The van der Waals surface area contributed by atoms with E-state index in [2.05, 4.69) is 5.32 Å². The van der Waals surface area contributed by atoms with Crippen LogP contribution in [-0.2, 0) is 16.0 Å². The van der Waals surface area contributed by atoms with E-state index in [-0.39, 0.29) is 30.1 Å². The number of ketones is 1. The summed E-state index contributed by atoms with van der Waals surface area (Å²) in [4.78, 5) is 47.2. The average molecular weight is 486 g/mol. The number of imide groups is 1. The minimum absolute atomic E-state index is 0.0255. The Labute approximate surface area is 199 Å². The van der Waals surface area contributed by atoms with Gasteiger partial charge in [0.1, 0.15) is 23.9 Å². The van der Waals surface area contributed by atoms with E-state index >= 15 is 0 Å². The molecule has 2 heterocycles. The van der Waals surface area contributed by atoms with Crippen LogP contribution in [0.25, 0.3) is 0 Å². The summed E-state index contributed by atoms with van der Waals surface area (Å²) in [6, 6.07) is 10.00. The Kier molecular flexibility index (Phi) is 6.52. The smallest absolute Gasteiger partial charge is 0.351 e. The first-order valence-electron chi connectivity index (χ1n) is 10.6. The highest BCUT2D eigenvalue weighted by atomic mass is 32.2. The molecule has 0 aliphatic carbocycles. The number of nitrogens with one attached hydrogen (secondary N) is 1. The zero-order valence-corrected chi connectivity index (χ0v) is 19.4. The van der Waals surface area contributed by atoms with Crippen LogP contribution in [0.5, 0.6) is 17.2 Å². The largest absolute Gasteiger partial charge is 0.492 e. The van der Waals surface area contributed by atoms with E-state index in [1.807, 2.05) is 0 Å². The van der Waals surface area contributed by atoms with Gasteiger partial charge in [-0.25, -0.2) is 4.79 Å². The van der Waals surface area contributed by atoms with Gasteiger partial charge in [-0.15, -0.1) is 0 Å². The molecule has 0 bridgehead atoms. The molecule has 0 saturated carbocycles. The van der Waals surface area contributed by atoms with Crippen LogP contribution in [0.3, 0.4) is 0 Å². The summed E-state index contributed by atoms with van der Waals surface area (Å²) in [6.45, 7) is 3.10. The Morgan fingerprint density at radius 2 is 1.94 bits per heavy atom. The molecule has 2 aliphatic rings. The Morgan fingerprint density at radius 3 is 2.59 bits per heavy atom. The molecular weight excluding hydrogens is 462 g/mol. The van der Waals surface area contributed by atoms with Crippen molar-refractivity contribution in [3.63, 3.8) is 0 Å². The van der Waals surface area contributed by atoms with E-state index in [0.29, 0.717) is 41.2 Å². The van der Waals surface area contributed by atoms with Crippen molar-refractivity contribution < 1.29 is 38.5 Å². The van der Waals surface area contributed by atoms with E-state index in [0.717, 1.165) is 17.3 Å². The lowest BCUT2D eigenvalue weighted by Gasteiger charge is -2.28. The SMILES string of the molecule is Cc1c(OC(C)(COc2ccc(CC3SC(=O)NC3=O)cc2)C(=O)O)ccc2c1OCCC2=O. The normalized spacial score (nSPS) is 19.0. The van der Waals surface area contributed by atoms with Crippen LogP contribution in [0.1, 0.15) is 34.8 Å². The van der Waals surface area contributed by atoms with Crippen molar-refractivity contribution in [1.29, 1.82) is 0 Å². The fourth-order valence-electron chi connectivity index (χ4n) is 3.63. The highest BCUT2D eigenvalue weighted by molar-refractivity contribution is 8.15. The van der Waals surface area contributed by atoms with E-state index in [1.54, 1.807) is 43.3 Å². The van der Waals surface area contributed by atoms with Crippen LogP contribution >= 0.6 is 11.8 Å². The highest BCUT2D eigenvalue weighted by Gasteiger charge is 2.38. The summed E-state index contributed by atoms with van der Waals surface area (Å²) < 4.78 is 17.2. The highest BCUT2D eigenvalue weighted by Crippen LogP contribution is 2.36. The summed E-state index contributed by atoms with van der Waals surface area (Å²) in [5.41, 5.74) is 0.137. The number of carbonyl (C=O) groups excluding carboxylic acids is 3. The molecular formula is C24H23NO8S. The first-order chi connectivity index (χ1) is 16.2. The van der Waals surface area contributed by atoms with Gasteiger partial charge in [0.15, 0.2) is 5.78 Å². The van der Waals surface area contributed by atoms with Crippen molar-refractivity contribution in [3.8, 4) is 17.2 Å². The summed E-state index contributed by atoms with van der Waals surface area (Å²) in [7, 11) is 0. The number of carboxylic acids is 1. The molecule has 4 rings (SSSR count). The third kappa shape index (κ3) is 4.86. The number of amides is 2. The van der Waals surface area contributed by atoms with Gasteiger partial charge in [0.2, 0.25) is 11.5 Å². The molecule has 2 amide bonds. The second-order valence-electron chi connectivity index (χ2n) is 8.25. The molecule has 1 saturated heterocycles. The molecule has 34 heavy (non-hydrogen) atoms. The van der Waals surface area contributed by atoms with E-state index < -0.39 is 16.8 Å². The molecule has 2 N–H and O–H groups in total. The molecule has 2 aromatic carbocycles. The number of aliphatic carboxylic acids is 1. The van der Waals surface area contributed by atoms with Crippen molar-refractivity contribution in [2.75, 3.05) is 13.2 Å². The maximum Gasteiger partial charge on any atom is 0.351 e. The van der Waals surface area contributed by atoms with Gasteiger partial charge >= 0.3 is 5.97 Å². The van der Waals surface area contributed by atoms with E-state index in [9.17, 15) is 24.3 Å². The molecule has 1 fully saturated rings. The van der Waals surface area contributed by atoms with Crippen molar-refractivity contribution in [2.24, 2.45) is 0 Å². The predicted molar refractivity (Wildman–Crippen MR) is 123 cm³/mol. The van der Waals surface area contributed by atoms with Crippen molar-refractivity contribution in [1.82, 2.24) is 5.32 Å². The van der Waals surface area contributed by atoms with E-state index in [1.165, 1.54) is 6.92 Å². The topological polar surface area (TPSA) is 128 Å². The molecule has 0 aromatic heterocycles. The van der Waals surface area contributed by atoms with Gasteiger partial charge in [0, 0.05) is 12.0 Å². The molecule has 0 spiro atoms. The van der Waals surface area contributed by atoms with Crippen molar-refractivity contribution in [2.45, 2.75) is 37.5 Å². The monoisotopic (exact) mass is 485 g/mol. The lowest BCUT2D eigenvalue weighted by Crippen LogP contribution is -2.47. The van der Waals surface area contributed by atoms with Gasteiger partial charge in [0.25, 0.3) is 5.24 Å². The van der Waals surface area contributed by atoms with Gasteiger partial charge < -0.3 is 19.3 Å². The minimum atomic E-state index is -1.71. The number of hydrogen-bond acceptors (Lipinski definition) is 8. The summed E-state index contributed by atoms with van der Waals surface area (Å²) in [5.74, 6) is -0.421. The summed E-state index contributed by atoms with van der Waals surface area (Å²) in [5, 5.41) is 11.3. The van der Waals surface area contributed by atoms with Crippen LogP contribution in [0.15, 0.2) is 36.4 Å². The summed E-state index contributed by atoms with van der Waals surface area (Å²) >= 11 is 0.960. The molecule has 2 atom stereocenters. The number of Topliss-reactive ketones (excluding diaryl/α,β-unsaturated/α-hetero) is 1. The van der Waals surface area contributed by atoms with Crippen LogP contribution in [0.2, 0.25) is 0 Å². The molecule has 2 aliphatic heterocycles. The van der Waals surface area contributed by atoms with Gasteiger partial charge in [-0.2, -0.15) is 0 Å². The second-order valence-corrected chi connectivity index (χ2v) is 9.42. The molecule has 178 valence electrons. The Bertz CT molecular complexity index is 1160. The van der Waals surface area contributed by atoms with Gasteiger partial charge in [0.05, 0.1) is 17.4 Å². The predicted octanol–water partition coefficient (Wildman–Crippen LogP) is 3.16. The Hall–Kier alpha value is -3.53. The first-order valence-corrected chi connectivity index (χ1v) is 11.5. The first kappa shape index (κ1) is 23.6. The van der Waals surface area contributed by atoms with E-state index in [4.69, 9.17) is 14.2 Å². The molecule has 10 heteroatoms. The maximum atomic E-state index is 12.1. The molecule has 0 radical (unpaired) electrons. The minimum Gasteiger partial charge on any atom is -0.492 e. The quantitative estimate of drug-likeness (QED) is 0.579. The van der Waals surface area contributed by atoms with Gasteiger partial charge in [-0.05, 0) is 50.1 Å². The molecule has 9 nitrogen and oxygen atoms in total. The number of carbonyl (C=O) groups is 4. The van der Waals surface area contributed by atoms with Gasteiger partial charge in [-0.1, -0.05) is 23.9 Å². The fourth-order valence-corrected chi connectivity index (χ4v) is 4.49. The lowest BCUT2D eigenvalue weighted by molar-refractivity contribution is -0.156. The zero-order chi connectivity index (χ0) is 24.5. The van der Waals surface area contributed by atoms with Crippen LogP contribution in [-0.4, -0.2) is 52.1 Å². The van der Waals surface area contributed by atoms with Crippen LogP contribution < -0.4 is 19.5 Å². The number of fused-ring (bicyclic) bond motifs is 1. The number of ether oxygens (including phenoxy) is 3. The lowest BCUT2D eigenvalue weighted by atomic mass is 10.0. The standard InChI is InChI=1S/C24H23NO8S/c1-13-18(8-7-16-17(26)9-10-31-20(13)16)33-24(2,22(28)29)12-32-15-5-3-14(4-6-15)11-19-21(27)25-23(30)34-19/h3-8,19H,9-12H2,1-2H3,(H,28,29)(H,25,27,30). The Morgan fingerprint density at radius 1 is 1.21 bits per heavy atom. The molecule has 2 aromatic rings. The van der Waals surface area contributed by atoms with Crippen LogP contribution in [0, 0.1) is 6.92 Å². The van der Waals surface area contributed by atoms with Crippen molar-refractivity contribution >= 4 is 34.7 Å². The second kappa shape index (κ2) is 9.38. The zero-order valence-electron chi connectivity index (χ0n) is 18.6. The van der Waals surface area contributed by atoms with Crippen LogP contribution in [0.4, 0.5) is 4.79 Å². The third-order valence-corrected chi connectivity index (χ3v) is 6.63. The molecule has 2 unspecified atom stereocenters.